The first-order valence-electron chi connectivity index (χ1n) is 29.6. The molecule has 0 atom stereocenters. The SMILES string of the molecule is c1ccc(-c2ccc3c(c2)Sc2cc(-n4c5ccccc5c5ccccc54)cc4c2B3c2cc3c(cc2N4c2ccccc2)N(c2ccccc2)c2cc(-n4c5ccccc5c5ccccc54)cc4c2B3c2ccc(-c3ccccc3)cc2S4)cc1. The summed E-state index contributed by atoms with van der Waals surface area (Å²) in [5.74, 6) is 0. The van der Waals surface area contributed by atoms with Crippen molar-refractivity contribution in [2.45, 2.75) is 19.6 Å². The number of hydrogen-bond acceptors (Lipinski definition) is 4. The van der Waals surface area contributed by atoms with E-state index in [0.29, 0.717) is 0 Å². The molecule has 8 heteroatoms. The fourth-order valence-electron chi connectivity index (χ4n) is 14.9. The zero-order chi connectivity index (χ0) is 56.1. The van der Waals surface area contributed by atoms with Gasteiger partial charge in [-0.3, -0.25) is 0 Å². The van der Waals surface area contributed by atoms with E-state index in [1.165, 1.54) is 141 Å². The Kier molecular flexibility index (Phi) is 10.5. The van der Waals surface area contributed by atoms with Crippen LogP contribution in [0.1, 0.15) is 0 Å². The van der Waals surface area contributed by atoms with Crippen LogP contribution in [0.4, 0.5) is 34.1 Å². The molecule has 6 heterocycles. The number of hydrogen-bond donors (Lipinski definition) is 0. The molecule has 4 aliphatic heterocycles. The molecule has 0 unspecified atom stereocenters. The zero-order valence-electron chi connectivity index (χ0n) is 46.5. The minimum absolute atomic E-state index is 0.0739. The van der Waals surface area contributed by atoms with Gasteiger partial charge in [0.2, 0.25) is 13.4 Å². The molecule has 398 valence electrons. The van der Waals surface area contributed by atoms with Crippen molar-refractivity contribution >= 4 is 147 Å². The first kappa shape index (κ1) is 48.3. The first-order valence-corrected chi connectivity index (χ1v) is 31.3. The van der Waals surface area contributed by atoms with Gasteiger partial charge in [0.25, 0.3) is 0 Å². The number of fused-ring (bicyclic) bond motifs is 14. The molecule has 0 amide bonds. The van der Waals surface area contributed by atoms with Crippen molar-refractivity contribution in [3.8, 4) is 33.6 Å². The monoisotopic (exact) mass is 1130 g/mol. The van der Waals surface area contributed by atoms with Crippen LogP contribution in [-0.2, 0) is 0 Å². The average Bonchev–Trinajstić information content (AvgIpc) is 0.845. The lowest BCUT2D eigenvalue weighted by Gasteiger charge is -2.44. The van der Waals surface area contributed by atoms with Crippen molar-refractivity contribution in [3.05, 3.63) is 291 Å². The molecule has 0 spiro atoms. The summed E-state index contributed by atoms with van der Waals surface area (Å²) in [4.78, 5) is 10.3. The molecular formula is C78H48B2N4S2. The van der Waals surface area contributed by atoms with Gasteiger partial charge in [0.1, 0.15) is 0 Å². The Balaban J connectivity index is 0.922. The molecule has 2 aromatic heterocycles. The van der Waals surface area contributed by atoms with Gasteiger partial charge < -0.3 is 18.9 Å². The van der Waals surface area contributed by atoms with E-state index in [-0.39, 0.29) is 13.4 Å². The molecule has 0 radical (unpaired) electrons. The fraction of sp³-hybridized carbons (Fsp3) is 0. The van der Waals surface area contributed by atoms with Gasteiger partial charge in [-0.15, -0.1) is 0 Å². The lowest BCUT2D eigenvalue weighted by molar-refractivity contribution is 1.15. The summed E-state index contributed by atoms with van der Waals surface area (Å²) >= 11 is 3.85. The molecule has 0 fully saturated rings. The van der Waals surface area contributed by atoms with Gasteiger partial charge in [-0.05, 0) is 135 Å². The van der Waals surface area contributed by atoms with Crippen molar-refractivity contribution in [2.75, 3.05) is 9.80 Å². The largest absolute Gasteiger partial charge is 0.311 e. The highest BCUT2D eigenvalue weighted by Gasteiger charge is 2.47. The van der Waals surface area contributed by atoms with Crippen molar-refractivity contribution in [3.63, 3.8) is 0 Å². The summed E-state index contributed by atoms with van der Waals surface area (Å²) < 4.78 is 5.00. The highest BCUT2D eigenvalue weighted by Crippen LogP contribution is 2.49. The Bertz CT molecular complexity index is 4900. The molecule has 4 nitrogen and oxygen atoms in total. The fourth-order valence-corrected chi connectivity index (χ4v) is 17.4. The number of aromatic nitrogens is 2. The van der Waals surface area contributed by atoms with E-state index in [9.17, 15) is 0 Å². The number of rotatable bonds is 6. The van der Waals surface area contributed by atoms with Gasteiger partial charge in [-0.1, -0.05) is 235 Å². The molecule has 0 N–H and O–H groups in total. The van der Waals surface area contributed by atoms with Crippen LogP contribution < -0.4 is 42.6 Å². The second-order valence-electron chi connectivity index (χ2n) is 23.1. The Labute approximate surface area is 507 Å². The maximum atomic E-state index is 2.66. The standard InChI is InChI=1S/C78H48B2N4S2/c1-5-21-49(22-6-1)51-37-39-61-73(41-51)85-75-45-55(83-65-33-17-13-29-57(65)58-30-14-18-34-66(58)83)43-71-77(75)79(61)63-47-64-70(48-69(63)81(71)53-25-9-3-10-26-53)82(54-27-11-4-12-28-54)72-44-56(84-67-35-19-15-31-59(67)60-32-16-20-36-68(60)84)46-76-78(72)80(64)62-40-38-52(42-74(62)86-76)50-23-7-2-8-24-50/h1-48H. The van der Waals surface area contributed by atoms with Crippen LogP contribution in [0.15, 0.2) is 311 Å². The van der Waals surface area contributed by atoms with Crippen LogP contribution in [-0.4, -0.2) is 22.6 Å². The molecule has 0 bridgehead atoms. The highest BCUT2D eigenvalue weighted by molar-refractivity contribution is 8.00. The van der Waals surface area contributed by atoms with Gasteiger partial charge in [0.15, 0.2) is 0 Å². The predicted octanol–water partition coefficient (Wildman–Crippen LogP) is 16.7. The summed E-state index contributed by atoms with van der Waals surface area (Å²) in [5.41, 5.74) is 26.9. The van der Waals surface area contributed by atoms with Crippen LogP contribution in [0.25, 0.3) is 77.2 Å². The van der Waals surface area contributed by atoms with Crippen LogP contribution in [0.2, 0.25) is 0 Å². The molecule has 15 aromatic rings. The lowest BCUT2D eigenvalue weighted by Crippen LogP contribution is -2.64. The van der Waals surface area contributed by atoms with Crippen molar-refractivity contribution in [2.24, 2.45) is 0 Å². The third-order valence-corrected chi connectivity index (χ3v) is 20.8. The van der Waals surface area contributed by atoms with Crippen molar-refractivity contribution < 1.29 is 0 Å². The Morgan fingerprint density at radius 2 is 0.581 bits per heavy atom. The van der Waals surface area contributed by atoms with E-state index in [2.05, 4.69) is 310 Å². The second-order valence-corrected chi connectivity index (χ2v) is 25.3. The minimum Gasteiger partial charge on any atom is -0.311 e. The summed E-state index contributed by atoms with van der Waals surface area (Å²) in [6, 6.07) is 109. The normalized spacial score (nSPS) is 13.4. The molecule has 0 saturated carbocycles. The summed E-state index contributed by atoms with van der Waals surface area (Å²) in [6.07, 6.45) is 0. The number of nitrogens with zero attached hydrogens (tertiary/aromatic N) is 4. The van der Waals surface area contributed by atoms with Crippen LogP contribution >= 0.6 is 23.5 Å². The van der Waals surface area contributed by atoms with Crippen molar-refractivity contribution in [1.82, 2.24) is 9.13 Å². The van der Waals surface area contributed by atoms with E-state index >= 15 is 0 Å². The predicted molar refractivity (Wildman–Crippen MR) is 366 cm³/mol. The van der Waals surface area contributed by atoms with Crippen LogP contribution in [0.5, 0.6) is 0 Å². The third kappa shape index (κ3) is 7.06. The Hall–Kier alpha value is -10.1. The topological polar surface area (TPSA) is 16.3 Å². The smallest absolute Gasteiger partial charge is 0.249 e. The molecule has 86 heavy (non-hydrogen) atoms. The number of para-hydroxylation sites is 6. The molecule has 0 saturated heterocycles. The second kappa shape index (κ2) is 18.7. The van der Waals surface area contributed by atoms with E-state index in [1.807, 2.05) is 23.5 Å². The molecule has 4 aliphatic rings. The Morgan fingerprint density at radius 3 is 0.965 bits per heavy atom. The maximum Gasteiger partial charge on any atom is 0.249 e. The number of benzene rings is 13. The quantitative estimate of drug-likeness (QED) is 0.154. The molecular weight excluding hydrogens is 1080 g/mol. The van der Waals surface area contributed by atoms with Gasteiger partial charge in [-0.2, -0.15) is 0 Å². The summed E-state index contributed by atoms with van der Waals surface area (Å²) in [6.45, 7) is -0.148. The zero-order valence-corrected chi connectivity index (χ0v) is 48.1. The lowest BCUT2D eigenvalue weighted by atomic mass is 9.31. The average molecular weight is 1130 g/mol. The molecule has 19 rings (SSSR count). The number of anilines is 6. The van der Waals surface area contributed by atoms with Gasteiger partial charge >= 0.3 is 0 Å². The van der Waals surface area contributed by atoms with Crippen LogP contribution in [0.3, 0.4) is 0 Å². The minimum atomic E-state index is -0.0739. The first-order chi connectivity index (χ1) is 42.7. The van der Waals surface area contributed by atoms with Gasteiger partial charge in [0.05, 0.1) is 22.1 Å². The van der Waals surface area contributed by atoms with Gasteiger partial charge in [0, 0.05) is 86.6 Å². The summed E-state index contributed by atoms with van der Waals surface area (Å²) in [5, 5.41) is 5.00. The highest BCUT2D eigenvalue weighted by atomic mass is 32.2. The van der Waals surface area contributed by atoms with E-state index in [1.54, 1.807) is 0 Å². The van der Waals surface area contributed by atoms with E-state index < -0.39 is 0 Å². The molecule has 0 aliphatic carbocycles. The van der Waals surface area contributed by atoms with Crippen molar-refractivity contribution in [1.29, 1.82) is 0 Å². The third-order valence-electron chi connectivity index (χ3n) is 18.6. The van der Waals surface area contributed by atoms with Crippen LogP contribution in [0, 0.1) is 0 Å². The maximum absolute atomic E-state index is 2.66. The molecule has 13 aromatic carbocycles. The Morgan fingerprint density at radius 1 is 0.233 bits per heavy atom. The van der Waals surface area contributed by atoms with E-state index in [4.69, 9.17) is 0 Å². The van der Waals surface area contributed by atoms with Gasteiger partial charge in [-0.25, -0.2) is 0 Å². The summed E-state index contributed by atoms with van der Waals surface area (Å²) in [7, 11) is 0. The van der Waals surface area contributed by atoms with E-state index in [0.717, 1.165) is 22.7 Å².